The summed E-state index contributed by atoms with van der Waals surface area (Å²) in [5, 5.41) is 12.8. The smallest absolute Gasteiger partial charge is 0.232 e. The highest BCUT2D eigenvalue weighted by atomic mass is 16.3. The van der Waals surface area contributed by atoms with E-state index in [1.165, 1.54) is 0 Å². The molecule has 1 aliphatic carbocycles. The van der Waals surface area contributed by atoms with Crippen LogP contribution in [0.5, 0.6) is 0 Å². The number of terminal acetylenes is 1. The van der Waals surface area contributed by atoms with Gasteiger partial charge in [0.25, 0.3) is 0 Å². The third-order valence-electron chi connectivity index (χ3n) is 3.08. The van der Waals surface area contributed by atoms with Crippen molar-refractivity contribution in [2.75, 3.05) is 6.54 Å². The van der Waals surface area contributed by atoms with E-state index in [9.17, 15) is 9.90 Å². The lowest BCUT2D eigenvalue weighted by Gasteiger charge is -2.34. The van der Waals surface area contributed by atoms with Crippen LogP contribution in [0.4, 0.5) is 0 Å². The Morgan fingerprint density at radius 2 is 2.20 bits per heavy atom. The molecule has 0 aromatic heterocycles. The zero-order valence-corrected chi connectivity index (χ0v) is 9.25. The molecular weight excluding hydrogens is 190 g/mol. The number of rotatable bonds is 3. The largest absolute Gasteiger partial charge is 0.388 e. The van der Waals surface area contributed by atoms with Crippen LogP contribution in [0, 0.1) is 18.3 Å². The lowest BCUT2D eigenvalue weighted by atomic mass is 9.79. The van der Waals surface area contributed by atoms with Gasteiger partial charge < -0.3 is 10.4 Å². The molecule has 0 bridgehead atoms. The Labute approximate surface area is 91.3 Å². The van der Waals surface area contributed by atoms with E-state index < -0.39 is 5.60 Å². The van der Waals surface area contributed by atoms with Crippen LogP contribution >= 0.6 is 0 Å². The molecule has 3 heteroatoms. The van der Waals surface area contributed by atoms with Crippen molar-refractivity contribution in [3.05, 3.63) is 0 Å². The number of aliphatic hydroxyl groups is 1. The van der Waals surface area contributed by atoms with Gasteiger partial charge in [-0.25, -0.2) is 0 Å². The average Bonchev–Trinajstić information content (AvgIpc) is 2.21. The number of hydrogen-bond acceptors (Lipinski definition) is 2. The summed E-state index contributed by atoms with van der Waals surface area (Å²) < 4.78 is 0. The van der Waals surface area contributed by atoms with Crippen LogP contribution < -0.4 is 5.32 Å². The summed E-state index contributed by atoms with van der Waals surface area (Å²) in [6, 6.07) is 0. The van der Waals surface area contributed by atoms with Crippen molar-refractivity contribution in [1.82, 2.24) is 5.32 Å². The molecule has 1 fully saturated rings. The van der Waals surface area contributed by atoms with E-state index in [1.54, 1.807) is 0 Å². The van der Waals surface area contributed by atoms with Crippen LogP contribution in [0.2, 0.25) is 0 Å². The summed E-state index contributed by atoms with van der Waals surface area (Å²) in [6.45, 7) is 2.52. The molecule has 0 aliphatic heterocycles. The number of carbonyl (C=O) groups is 1. The highest BCUT2D eigenvalue weighted by Crippen LogP contribution is 2.31. The fourth-order valence-corrected chi connectivity index (χ4v) is 1.89. The van der Waals surface area contributed by atoms with E-state index >= 15 is 0 Å². The summed E-state index contributed by atoms with van der Waals surface area (Å²) in [6.07, 6.45) is 8.70. The Morgan fingerprint density at radius 1 is 1.60 bits per heavy atom. The summed E-state index contributed by atoms with van der Waals surface area (Å²) >= 11 is 0. The highest BCUT2D eigenvalue weighted by molar-refractivity contribution is 5.78. The van der Waals surface area contributed by atoms with Gasteiger partial charge in [0.1, 0.15) is 0 Å². The molecule has 0 spiro atoms. The van der Waals surface area contributed by atoms with Crippen molar-refractivity contribution in [2.24, 2.45) is 5.92 Å². The Kier molecular flexibility index (Phi) is 4.16. The average molecular weight is 209 g/mol. The minimum atomic E-state index is -0.712. The van der Waals surface area contributed by atoms with E-state index in [-0.39, 0.29) is 12.3 Å². The molecule has 1 amide bonds. The molecule has 0 aromatic rings. The number of amides is 1. The summed E-state index contributed by atoms with van der Waals surface area (Å²) in [5.41, 5.74) is -0.712. The first-order valence-electron chi connectivity index (χ1n) is 5.48. The van der Waals surface area contributed by atoms with Gasteiger partial charge in [0.2, 0.25) is 5.91 Å². The SMILES string of the molecule is C#CCC(=O)NCC1(O)CCC(C)CC1. The first-order valence-corrected chi connectivity index (χ1v) is 5.48. The van der Waals surface area contributed by atoms with Gasteiger partial charge in [-0.15, -0.1) is 6.42 Å². The molecule has 0 unspecified atom stereocenters. The van der Waals surface area contributed by atoms with Crippen molar-refractivity contribution in [3.8, 4) is 12.3 Å². The van der Waals surface area contributed by atoms with E-state index in [0.717, 1.165) is 25.7 Å². The van der Waals surface area contributed by atoms with Gasteiger partial charge in [-0.1, -0.05) is 12.8 Å². The van der Waals surface area contributed by atoms with E-state index in [0.29, 0.717) is 12.5 Å². The zero-order chi connectivity index (χ0) is 11.3. The van der Waals surface area contributed by atoms with Gasteiger partial charge >= 0.3 is 0 Å². The quantitative estimate of drug-likeness (QED) is 0.683. The maximum atomic E-state index is 11.1. The second kappa shape index (κ2) is 5.18. The van der Waals surface area contributed by atoms with Crippen molar-refractivity contribution in [1.29, 1.82) is 0 Å². The maximum absolute atomic E-state index is 11.1. The fraction of sp³-hybridized carbons (Fsp3) is 0.750. The number of hydrogen-bond donors (Lipinski definition) is 2. The van der Waals surface area contributed by atoms with Gasteiger partial charge in [-0.3, -0.25) is 4.79 Å². The molecular formula is C12H19NO2. The molecule has 0 heterocycles. The van der Waals surface area contributed by atoms with Gasteiger partial charge in [0, 0.05) is 6.54 Å². The van der Waals surface area contributed by atoms with Crippen molar-refractivity contribution in [3.63, 3.8) is 0 Å². The second-order valence-electron chi connectivity index (χ2n) is 4.56. The van der Waals surface area contributed by atoms with E-state index in [2.05, 4.69) is 18.2 Å². The van der Waals surface area contributed by atoms with Crippen LogP contribution in [0.1, 0.15) is 39.0 Å². The first-order chi connectivity index (χ1) is 7.06. The lowest BCUT2D eigenvalue weighted by molar-refractivity contribution is -0.121. The van der Waals surface area contributed by atoms with Crippen LogP contribution in [-0.2, 0) is 4.79 Å². The van der Waals surface area contributed by atoms with Crippen LogP contribution in [0.25, 0.3) is 0 Å². The number of carbonyl (C=O) groups excluding carboxylic acids is 1. The van der Waals surface area contributed by atoms with Gasteiger partial charge in [0.15, 0.2) is 0 Å². The second-order valence-corrected chi connectivity index (χ2v) is 4.56. The highest BCUT2D eigenvalue weighted by Gasteiger charge is 2.31. The zero-order valence-electron chi connectivity index (χ0n) is 9.25. The van der Waals surface area contributed by atoms with Gasteiger partial charge in [-0.2, -0.15) is 0 Å². The topological polar surface area (TPSA) is 49.3 Å². The molecule has 0 radical (unpaired) electrons. The van der Waals surface area contributed by atoms with Gasteiger partial charge in [0.05, 0.1) is 12.0 Å². The molecule has 1 saturated carbocycles. The first kappa shape index (κ1) is 12.1. The van der Waals surface area contributed by atoms with Crippen molar-refractivity contribution in [2.45, 2.75) is 44.6 Å². The molecule has 84 valence electrons. The Balaban J connectivity index is 2.31. The molecule has 15 heavy (non-hydrogen) atoms. The third-order valence-corrected chi connectivity index (χ3v) is 3.08. The Bertz CT molecular complexity index is 259. The lowest BCUT2D eigenvalue weighted by Crippen LogP contribution is -2.45. The molecule has 0 aromatic carbocycles. The van der Waals surface area contributed by atoms with Crippen LogP contribution in [0.3, 0.4) is 0 Å². The molecule has 2 N–H and O–H groups in total. The Hall–Kier alpha value is -1.01. The van der Waals surface area contributed by atoms with Crippen LogP contribution in [-0.4, -0.2) is 23.2 Å². The van der Waals surface area contributed by atoms with E-state index in [1.807, 2.05) is 0 Å². The number of nitrogens with one attached hydrogen (secondary N) is 1. The molecule has 3 nitrogen and oxygen atoms in total. The maximum Gasteiger partial charge on any atom is 0.232 e. The van der Waals surface area contributed by atoms with Crippen molar-refractivity contribution >= 4 is 5.91 Å². The normalized spacial score (nSPS) is 30.6. The standard InChI is InChI=1S/C12H19NO2/c1-3-4-11(14)13-9-12(15)7-5-10(2)6-8-12/h1,10,15H,4-9H2,2H3,(H,13,14). The molecule has 1 rings (SSSR count). The molecule has 1 aliphatic rings. The van der Waals surface area contributed by atoms with Crippen molar-refractivity contribution < 1.29 is 9.90 Å². The van der Waals surface area contributed by atoms with E-state index in [4.69, 9.17) is 6.42 Å². The Morgan fingerprint density at radius 3 is 2.73 bits per heavy atom. The summed E-state index contributed by atoms with van der Waals surface area (Å²) in [7, 11) is 0. The fourth-order valence-electron chi connectivity index (χ4n) is 1.89. The van der Waals surface area contributed by atoms with Gasteiger partial charge in [-0.05, 0) is 31.6 Å². The third kappa shape index (κ3) is 3.93. The summed E-state index contributed by atoms with van der Waals surface area (Å²) in [5.74, 6) is 2.79. The predicted molar refractivity (Wildman–Crippen MR) is 59.0 cm³/mol. The molecule has 0 atom stereocenters. The minimum Gasteiger partial charge on any atom is -0.388 e. The van der Waals surface area contributed by atoms with Crippen LogP contribution in [0.15, 0.2) is 0 Å². The summed E-state index contributed by atoms with van der Waals surface area (Å²) in [4.78, 5) is 11.1. The monoisotopic (exact) mass is 209 g/mol. The predicted octanol–water partition coefficient (Wildman–Crippen LogP) is 1.07. The minimum absolute atomic E-state index is 0.0898. The molecule has 0 saturated heterocycles.